The quantitative estimate of drug-likeness (QED) is 0.265. The van der Waals surface area contributed by atoms with Crippen molar-refractivity contribution in [3.05, 3.63) is 45.0 Å². The molecule has 0 saturated carbocycles. The topological polar surface area (TPSA) is 152 Å². The van der Waals surface area contributed by atoms with E-state index in [-0.39, 0.29) is 43.8 Å². The molecule has 0 fully saturated rings. The van der Waals surface area contributed by atoms with Crippen molar-refractivity contribution < 1.29 is 48.3 Å². The van der Waals surface area contributed by atoms with Gasteiger partial charge in [0.15, 0.2) is 23.0 Å². The van der Waals surface area contributed by atoms with Gasteiger partial charge >= 0.3 is 11.9 Å². The molecule has 2 aromatic carbocycles. The molecule has 0 radical (unpaired) electrons. The van der Waals surface area contributed by atoms with Gasteiger partial charge in [0.25, 0.3) is 0 Å². The molecule has 2 unspecified atom stereocenters. The molecule has 3 atom stereocenters. The molecule has 0 spiro atoms. The number of nitrogens with zero attached hydrogens (tertiary/aromatic N) is 2. The summed E-state index contributed by atoms with van der Waals surface area (Å²) < 4.78 is 23.4. The van der Waals surface area contributed by atoms with Gasteiger partial charge in [-0.3, -0.25) is 19.2 Å². The van der Waals surface area contributed by atoms with Gasteiger partial charge in [0, 0.05) is 44.5 Å². The lowest BCUT2D eigenvalue weighted by atomic mass is 9.98. The minimum Gasteiger partial charge on any atom is -0.493 e. The van der Waals surface area contributed by atoms with Crippen LogP contribution in [0.5, 0.6) is 23.0 Å². The minimum absolute atomic E-state index is 0.0646. The van der Waals surface area contributed by atoms with Crippen molar-refractivity contribution in [2.45, 2.75) is 72.6 Å². The van der Waals surface area contributed by atoms with Crippen molar-refractivity contribution in [2.24, 2.45) is 11.8 Å². The molecule has 2 aromatic rings. The fourth-order valence-corrected chi connectivity index (χ4v) is 6.26. The van der Waals surface area contributed by atoms with E-state index in [0.717, 1.165) is 27.8 Å². The molecule has 0 aromatic heterocycles. The molecule has 2 N–H and O–H groups in total. The summed E-state index contributed by atoms with van der Waals surface area (Å²) in [4.78, 5) is 51.4. The molecule has 12 nitrogen and oxygen atoms in total. The lowest BCUT2D eigenvalue weighted by molar-refractivity contribution is -0.146. The number of carbonyl (C=O) groups is 4. The fourth-order valence-electron chi connectivity index (χ4n) is 5.93. The number of amides is 2. The van der Waals surface area contributed by atoms with Crippen LogP contribution in [0.1, 0.15) is 73.9 Å². The maximum Gasteiger partial charge on any atom is 0.306 e. The Balaban J connectivity index is 1.39. The van der Waals surface area contributed by atoms with Gasteiger partial charge in [0.05, 0.1) is 50.3 Å². The molecular formula is C33H41ClN2O10. The van der Waals surface area contributed by atoms with Crippen LogP contribution in [-0.4, -0.2) is 71.2 Å². The van der Waals surface area contributed by atoms with Gasteiger partial charge in [0.2, 0.25) is 11.8 Å². The predicted molar refractivity (Wildman–Crippen MR) is 167 cm³/mol. The zero-order valence-electron chi connectivity index (χ0n) is 27.0. The first kappa shape index (κ1) is 34.7. The summed E-state index contributed by atoms with van der Waals surface area (Å²) in [5.74, 6) is -2.16. The molecule has 2 aliphatic heterocycles. The van der Waals surface area contributed by atoms with Crippen LogP contribution in [0.25, 0.3) is 0 Å². The summed E-state index contributed by atoms with van der Waals surface area (Å²) >= 11 is 6.76. The highest BCUT2D eigenvalue weighted by atomic mass is 35.5. The maximum absolute atomic E-state index is 13.0. The summed E-state index contributed by atoms with van der Waals surface area (Å²) in [6.07, 6.45) is 0.329. The van der Waals surface area contributed by atoms with Gasteiger partial charge in [-0.05, 0) is 48.2 Å². The number of carboxylic acid groups (broad SMARTS) is 2. The van der Waals surface area contributed by atoms with Crippen LogP contribution in [0.2, 0.25) is 5.02 Å². The molecule has 13 heteroatoms. The Hall–Kier alpha value is -4.19. The number of fused-ring (bicyclic) bond motifs is 2. The highest BCUT2D eigenvalue weighted by molar-refractivity contribution is 6.33. The van der Waals surface area contributed by atoms with E-state index in [2.05, 4.69) is 0 Å². The summed E-state index contributed by atoms with van der Waals surface area (Å²) in [5, 5.41) is 18.8. The number of rotatable bonds is 14. The second-order valence-corrected chi connectivity index (χ2v) is 12.2. The highest BCUT2D eigenvalue weighted by Gasteiger charge is 2.37. The first-order valence-corrected chi connectivity index (χ1v) is 15.5. The molecule has 250 valence electrons. The van der Waals surface area contributed by atoms with Gasteiger partial charge < -0.3 is 39.0 Å². The van der Waals surface area contributed by atoms with E-state index >= 15 is 0 Å². The van der Waals surface area contributed by atoms with Crippen LogP contribution >= 0.6 is 11.6 Å². The van der Waals surface area contributed by atoms with Crippen LogP contribution in [-0.2, 0) is 38.8 Å². The third kappa shape index (κ3) is 7.11. The Morgan fingerprint density at radius 3 is 2.00 bits per heavy atom. The minimum atomic E-state index is -1.02. The van der Waals surface area contributed by atoms with E-state index in [1.807, 2.05) is 26.0 Å². The third-order valence-corrected chi connectivity index (χ3v) is 9.04. The van der Waals surface area contributed by atoms with E-state index in [1.165, 1.54) is 21.0 Å². The molecule has 2 heterocycles. The number of carbonyl (C=O) groups excluding carboxylic acids is 2. The summed E-state index contributed by atoms with van der Waals surface area (Å²) in [6.45, 7) is 8.37. The number of methoxy groups -OCH3 is 2. The van der Waals surface area contributed by atoms with Gasteiger partial charge in [0.1, 0.15) is 0 Å². The van der Waals surface area contributed by atoms with E-state index in [1.54, 1.807) is 16.9 Å². The van der Waals surface area contributed by atoms with E-state index in [4.69, 9.17) is 35.7 Å². The molecule has 46 heavy (non-hydrogen) atoms. The summed E-state index contributed by atoms with van der Waals surface area (Å²) in [6, 6.07) is 3.37. The molecular weight excluding hydrogens is 620 g/mol. The number of aliphatic carboxylic acids is 2. The zero-order valence-corrected chi connectivity index (χ0v) is 27.7. The number of halogens is 1. The van der Waals surface area contributed by atoms with Crippen molar-refractivity contribution in [1.29, 1.82) is 0 Å². The van der Waals surface area contributed by atoms with Crippen LogP contribution in [0.4, 0.5) is 0 Å². The Bertz CT molecular complexity index is 1530. The predicted octanol–water partition coefficient (Wildman–Crippen LogP) is 4.98. The first-order chi connectivity index (χ1) is 21.8. The summed E-state index contributed by atoms with van der Waals surface area (Å²) in [5.41, 5.74) is 4.25. The van der Waals surface area contributed by atoms with Gasteiger partial charge in [-0.1, -0.05) is 25.4 Å². The number of hydrogen-bond donors (Lipinski definition) is 2. The van der Waals surface area contributed by atoms with Crippen molar-refractivity contribution in [3.8, 4) is 23.0 Å². The lowest BCUT2D eigenvalue weighted by Gasteiger charge is -2.24. The average Bonchev–Trinajstić information content (AvgIpc) is 3.59. The second kappa shape index (κ2) is 14.5. The second-order valence-electron chi connectivity index (χ2n) is 11.9. The SMILES string of the molecule is COc1cc2c(cc1OCCCOc1c(C)c3c(c(Cl)c1OC)CN(C(=O)C[C@H](C)C(=O)O)C3C)CN(C(=O)CC(C)C(=O)O)C2. The third-order valence-electron chi connectivity index (χ3n) is 8.64. The molecule has 0 saturated heterocycles. The Labute approximate surface area is 273 Å². The Kier molecular flexibility index (Phi) is 10.9. The first-order valence-electron chi connectivity index (χ1n) is 15.2. The van der Waals surface area contributed by atoms with Gasteiger partial charge in [-0.15, -0.1) is 0 Å². The number of carboxylic acids is 2. The molecule has 0 bridgehead atoms. The van der Waals surface area contributed by atoms with Gasteiger partial charge in [-0.2, -0.15) is 0 Å². The zero-order chi connectivity index (χ0) is 33.9. The normalized spacial score (nSPS) is 16.4. The largest absolute Gasteiger partial charge is 0.493 e. The van der Waals surface area contributed by atoms with Crippen molar-refractivity contribution in [2.75, 3.05) is 27.4 Å². The van der Waals surface area contributed by atoms with E-state index < -0.39 is 23.8 Å². The van der Waals surface area contributed by atoms with Crippen LogP contribution in [0.3, 0.4) is 0 Å². The van der Waals surface area contributed by atoms with Crippen molar-refractivity contribution in [3.63, 3.8) is 0 Å². The Morgan fingerprint density at radius 2 is 1.43 bits per heavy atom. The van der Waals surface area contributed by atoms with Crippen molar-refractivity contribution in [1.82, 2.24) is 9.80 Å². The average molecular weight is 661 g/mol. The molecule has 2 aliphatic rings. The van der Waals surface area contributed by atoms with Crippen molar-refractivity contribution >= 4 is 35.4 Å². The van der Waals surface area contributed by atoms with Crippen LogP contribution < -0.4 is 18.9 Å². The molecule has 4 rings (SSSR count). The molecule has 2 amide bonds. The maximum atomic E-state index is 13.0. The van der Waals surface area contributed by atoms with Gasteiger partial charge in [-0.25, -0.2) is 0 Å². The monoisotopic (exact) mass is 660 g/mol. The van der Waals surface area contributed by atoms with Crippen LogP contribution in [0, 0.1) is 18.8 Å². The van der Waals surface area contributed by atoms with E-state index in [0.29, 0.717) is 54.1 Å². The summed E-state index contributed by atoms with van der Waals surface area (Å²) in [7, 11) is 3.04. The number of ether oxygens (including phenoxy) is 4. The van der Waals surface area contributed by atoms with E-state index in [9.17, 15) is 24.3 Å². The standard InChI is InChI=1S/C33H41ClN2O10/c1-17(32(39)40)10-26(37)35-14-21-12-24(43-5)25(13-22(21)15-35)45-8-7-9-46-30-19(3)28-20(4)36(27(38)11-18(2)33(41)42)16-23(28)29(34)31(30)44-6/h12-13,17-18,20H,7-11,14-16H2,1-6H3,(H,39,40)(H,41,42)/t17?,18-,20?/m0/s1. The Morgan fingerprint density at radius 1 is 0.870 bits per heavy atom. The highest BCUT2D eigenvalue weighted by Crippen LogP contribution is 2.50. The van der Waals surface area contributed by atoms with Crippen LogP contribution in [0.15, 0.2) is 12.1 Å². The smallest absolute Gasteiger partial charge is 0.306 e. The number of hydrogen-bond acceptors (Lipinski definition) is 8. The number of benzene rings is 2. The molecule has 0 aliphatic carbocycles. The lowest BCUT2D eigenvalue weighted by Crippen LogP contribution is -2.31. The fraction of sp³-hybridized carbons (Fsp3) is 0.515.